The van der Waals surface area contributed by atoms with E-state index >= 15 is 0 Å². The normalized spacial score (nSPS) is 36.5. The van der Waals surface area contributed by atoms with Crippen molar-refractivity contribution in [3.63, 3.8) is 0 Å². The number of carbonyl (C=O) groups is 4. The van der Waals surface area contributed by atoms with Gasteiger partial charge in [-0.15, -0.1) is 0 Å². The van der Waals surface area contributed by atoms with Crippen LogP contribution in [-0.4, -0.2) is 278 Å². The summed E-state index contributed by atoms with van der Waals surface area (Å²) in [6.45, 7) is -1.46. The Morgan fingerprint density at radius 3 is 1.40 bits per heavy atom. The first-order valence-electron chi connectivity index (χ1n) is 21.4. The molecule has 0 aliphatic carbocycles. The number of methoxy groups -OCH3 is 4. The van der Waals surface area contributed by atoms with Crippen molar-refractivity contribution in [2.75, 3.05) is 66.4 Å². The van der Waals surface area contributed by atoms with Crippen molar-refractivity contribution in [2.24, 2.45) is 0 Å². The number of hydrogen-bond donors (Lipinski definition) is 8. The number of rotatable bonds is 26. The number of hydrogen-bond acceptors (Lipinski definition) is 30. The second-order valence-electron chi connectivity index (χ2n) is 16.3. The fraction of sp³-hybridized carbons (Fsp3) is 0.889. The van der Waals surface area contributed by atoms with Crippen molar-refractivity contribution in [3.8, 4) is 0 Å². The van der Waals surface area contributed by atoms with E-state index < -0.39 is 215 Å². The zero-order valence-corrected chi connectivity index (χ0v) is 47.8. The number of aliphatic hydroxyl groups is 4. The molecule has 4 heterocycles. The summed E-state index contributed by atoms with van der Waals surface area (Å²) in [5.41, 5.74) is 0. The molecule has 0 aromatic rings. The molecule has 4 rings (SSSR count). The number of nitrogens with one attached hydrogen (secondary N) is 2. The van der Waals surface area contributed by atoms with Gasteiger partial charge in [0.1, 0.15) is 85.3 Å². The van der Waals surface area contributed by atoms with E-state index in [0.29, 0.717) is 0 Å². The molecule has 4 aliphatic rings. The van der Waals surface area contributed by atoms with Gasteiger partial charge in [-0.1, -0.05) is 0 Å². The van der Waals surface area contributed by atoms with Crippen LogP contribution in [0.25, 0.3) is 0 Å². The number of carbonyl (C=O) groups excluding carboxylic acids is 2. The van der Waals surface area contributed by atoms with Gasteiger partial charge in [-0.3, -0.25) is 18.0 Å². The van der Waals surface area contributed by atoms with Gasteiger partial charge < -0.3 is 107 Å². The Morgan fingerprint density at radius 2 is 0.973 bits per heavy atom. The second kappa shape index (κ2) is 30.7. The number of aliphatic carboxylic acids is 2. The number of aliphatic hydroxyl groups excluding tert-OH is 4. The number of ether oxygens (including phenoxy) is 12. The van der Waals surface area contributed by atoms with Crippen molar-refractivity contribution < 1.29 is 208 Å². The van der Waals surface area contributed by atoms with Gasteiger partial charge in [0.05, 0.1) is 37.9 Å². The minimum atomic E-state index is -5.74. The average Bonchev–Trinajstić information content (AvgIpc) is 3.27. The summed E-state index contributed by atoms with van der Waals surface area (Å²) in [4.78, 5) is 48.7. The number of carboxylic acids is 2. The molecule has 8 N–H and O–H groups in total. The Balaban J connectivity index is 0.00000963. The van der Waals surface area contributed by atoms with Crippen molar-refractivity contribution >= 4 is 54.4 Å². The first-order chi connectivity index (χ1) is 34.0. The van der Waals surface area contributed by atoms with Crippen LogP contribution in [0, 0.1) is 0 Å². The summed E-state index contributed by atoms with van der Waals surface area (Å²) in [6.07, 6.45) is -34.8. The summed E-state index contributed by atoms with van der Waals surface area (Å²) in [7, 11) is -11.6. The first-order valence-corrected chi connectivity index (χ1v) is 25.9. The van der Waals surface area contributed by atoms with E-state index in [-0.39, 0.29) is 59.1 Å². The van der Waals surface area contributed by atoms with Crippen molar-refractivity contribution in [1.82, 2.24) is 10.6 Å². The van der Waals surface area contributed by atoms with Crippen LogP contribution in [-0.2, 0) is 115 Å². The molecule has 39 heteroatoms. The average molecular weight is 1170 g/mol. The minimum Gasteiger partial charge on any atom is -0.726 e. The van der Waals surface area contributed by atoms with Crippen LogP contribution in [0.15, 0.2) is 0 Å². The minimum absolute atomic E-state index is 0. The second-order valence-corrected chi connectivity index (χ2v) is 20.6. The predicted octanol–water partition coefficient (Wildman–Crippen LogP) is -14.3. The topological polar surface area (TPSA) is 491 Å². The Labute approximate surface area is 473 Å². The van der Waals surface area contributed by atoms with Crippen LogP contribution in [0.5, 0.6) is 0 Å². The molecule has 0 saturated carbocycles. The van der Waals surface area contributed by atoms with E-state index in [1.807, 2.05) is 0 Å². The van der Waals surface area contributed by atoms with Crippen molar-refractivity contribution in [3.05, 3.63) is 0 Å². The quantitative estimate of drug-likeness (QED) is 0.0173. The van der Waals surface area contributed by atoms with E-state index in [9.17, 15) is 84.2 Å². The Kier molecular flexibility index (Phi) is 28.6. The van der Waals surface area contributed by atoms with E-state index in [2.05, 4.69) is 14.8 Å². The molecule has 0 bridgehead atoms. The van der Waals surface area contributed by atoms with E-state index in [1.165, 1.54) is 0 Å². The number of sulfone groups is 1. The van der Waals surface area contributed by atoms with Gasteiger partial charge in [-0.2, -0.15) is 0 Å². The van der Waals surface area contributed by atoms with E-state index in [4.69, 9.17) is 61.0 Å². The third-order valence-corrected chi connectivity index (χ3v) is 13.8. The van der Waals surface area contributed by atoms with Gasteiger partial charge >= 0.3 is 71.1 Å². The molecule has 4 aliphatic heterocycles. The molecule has 424 valence electrons. The summed E-state index contributed by atoms with van der Waals surface area (Å²) in [5, 5.41) is 66.6. The van der Waals surface area contributed by atoms with Gasteiger partial charge in [0, 0.05) is 42.3 Å². The molecule has 75 heavy (non-hydrogen) atoms. The van der Waals surface area contributed by atoms with Gasteiger partial charge in [0.25, 0.3) is 0 Å². The molecular weight excluding hydrogens is 1110 g/mol. The van der Waals surface area contributed by atoms with Gasteiger partial charge in [-0.25, -0.2) is 34.8 Å². The van der Waals surface area contributed by atoms with E-state index in [0.717, 1.165) is 42.3 Å². The molecule has 20 unspecified atom stereocenters. The number of amides is 2. The third kappa shape index (κ3) is 19.3. The molecule has 0 aromatic heterocycles. The first kappa shape index (κ1) is 70.0. The standard InChI is InChI=1S/C36H60N2O32S3.2Na/c1-13(40)37-17-24(22(69-72(51,52)53)15(11-39)63-33(17)59-5)66-36-30(27(58-4)20(43)29(68-36)32(47)48)62-8-10-71(49,50)9-7-61-12-16-23(70-73(54,55)56)25(18(38-14(2)41)34(60-6)64-16)65-35-21(44)26(57-3)19(42)28(67-35)31(45)46;;/h15-30,33-36,39,42-44H,7-12H2,1-6H3,(H,37,40)(H,38,41)(H,45,46)(H,47,48)(H,51,52,53)(H,54,55,56);;/q;2*+1/p-2. The van der Waals surface area contributed by atoms with Crippen molar-refractivity contribution in [1.29, 1.82) is 0 Å². The maximum atomic E-state index is 13.3. The van der Waals surface area contributed by atoms with Crippen LogP contribution in [0.1, 0.15) is 13.8 Å². The fourth-order valence-corrected chi connectivity index (χ4v) is 10.2. The van der Waals surface area contributed by atoms with E-state index in [1.54, 1.807) is 0 Å². The fourth-order valence-electron chi connectivity index (χ4n) is 8.22. The summed E-state index contributed by atoms with van der Waals surface area (Å²) < 4.78 is 174. The summed E-state index contributed by atoms with van der Waals surface area (Å²) in [5.74, 6) is -6.95. The molecular formula is C36H58N2Na2O32S3. The number of carboxylic acid groups (broad SMARTS) is 2. The zero-order valence-electron chi connectivity index (χ0n) is 41.3. The molecule has 0 radical (unpaired) electrons. The summed E-state index contributed by atoms with van der Waals surface area (Å²) in [6, 6.07) is -3.25. The van der Waals surface area contributed by atoms with Crippen LogP contribution in [0.2, 0.25) is 0 Å². The SMILES string of the molecule is COC1OC(COCCS(=O)(=O)CCOC2C(OC3C(NC(C)=O)C(OC)OC(CO)C3OS(=O)(=O)[O-])OC(C(=O)O)C(O)C2OC)C(OS(=O)(=O)[O-])C(OC2OC(C(=O)O)C(O)C(OC)C2O)C1NC(C)=O.[Na+].[Na+]. The molecule has 34 nitrogen and oxygen atoms in total. The Bertz CT molecular complexity index is 2200. The molecule has 0 aromatic carbocycles. The Morgan fingerprint density at radius 1 is 0.547 bits per heavy atom. The van der Waals surface area contributed by atoms with Crippen LogP contribution < -0.4 is 69.7 Å². The van der Waals surface area contributed by atoms with Gasteiger partial charge in [-0.05, 0) is 0 Å². The molecule has 4 fully saturated rings. The van der Waals surface area contributed by atoms with Gasteiger partial charge in [0.2, 0.25) is 32.6 Å². The molecule has 0 spiro atoms. The smallest absolute Gasteiger partial charge is 0.726 e. The monoisotopic (exact) mass is 1170 g/mol. The largest absolute Gasteiger partial charge is 1.00 e. The third-order valence-electron chi connectivity index (χ3n) is 11.3. The maximum absolute atomic E-state index is 13.3. The molecule has 2 amide bonds. The maximum Gasteiger partial charge on any atom is 1.00 e. The van der Waals surface area contributed by atoms with Gasteiger partial charge in [0.15, 0.2) is 47.2 Å². The molecule has 20 atom stereocenters. The van der Waals surface area contributed by atoms with Crippen LogP contribution >= 0.6 is 0 Å². The van der Waals surface area contributed by atoms with Crippen LogP contribution in [0.4, 0.5) is 0 Å². The Hall–Kier alpha value is -1.07. The zero-order chi connectivity index (χ0) is 54.9. The predicted molar refractivity (Wildman–Crippen MR) is 224 cm³/mol. The van der Waals surface area contributed by atoms with Crippen molar-refractivity contribution in [2.45, 2.75) is 137 Å². The molecule has 4 saturated heterocycles. The summed E-state index contributed by atoms with van der Waals surface area (Å²) >= 11 is 0. The van der Waals surface area contributed by atoms with Crippen LogP contribution in [0.3, 0.4) is 0 Å².